The van der Waals surface area contributed by atoms with Gasteiger partial charge in [0.15, 0.2) is 0 Å². The van der Waals surface area contributed by atoms with Gasteiger partial charge in [0, 0.05) is 74.3 Å². The second-order valence-electron chi connectivity index (χ2n) is 29.1. The number of aliphatic hydroxyl groups excluding tert-OH is 1. The summed E-state index contributed by atoms with van der Waals surface area (Å²) in [5, 5.41) is 76.6. The van der Waals surface area contributed by atoms with Gasteiger partial charge in [-0.3, -0.25) is 9.59 Å². The molecule has 18 heteroatoms. The Morgan fingerprint density at radius 2 is 0.764 bits per heavy atom. The number of piperidine rings is 5. The first kappa shape index (κ1) is 68.6. The van der Waals surface area contributed by atoms with Gasteiger partial charge in [0.25, 0.3) is 0 Å². The fraction of sp³-hybridized carbons (Fsp3) is 0.963. The van der Waals surface area contributed by atoms with Crippen LogP contribution in [0.2, 0.25) is 0 Å². The third-order valence-electron chi connectivity index (χ3n) is 15.5. The summed E-state index contributed by atoms with van der Waals surface area (Å²) in [5.41, 5.74) is 2.42. The lowest BCUT2D eigenvalue weighted by Crippen LogP contribution is -2.61. The highest BCUT2D eigenvalue weighted by Crippen LogP contribution is 2.42. The van der Waals surface area contributed by atoms with Crippen molar-refractivity contribution in [3.63, 3.8) is 0 Å². The van der Waals surface area contributed by atoms with Crippen molar-refractivity contribution in [2.45, 2.75) is 316 Å². The molecule has 6 heterocycles. The Kier molecular flexibility index (Phi) is 22.5. The summed E-state index contributed by atoms with van der Waals surface area (Å²) >= 11 is 0. The third-order valence-corrected chi connectivity index (χ3v) is 15.5. The Labute approximate surface area is 437 Å². The van der Waals surface area contributed by atoms with Crippen LogP contribution in [0.25, 0.3) is 0 Å². The zero-order valence-electron chi connectivity index (χ0n) is 50.2. The van der Waals surface area contributed by atoms with Crippen LogP contribution in [-0.4, -0.2) is 171 Å². The van der Waals surface area contributed by atoms with E-state index in [0.717, 1.165) is 25.7 Å². The highest BCUT2D eigenvalue weighted by molar-refractivity contribution is 5.81. The molecule has 6 saturated heterocycles. The van der Waals surface area contributed by atoms with Gasteiger partial charge in [-0.05, 0) is 224 Å². The zero-order valence-corrected chi connectivity index (χ0v) is 50.2. The number of carbonyl (C=O) groups is 2. The van der Waals surface area contributed by atoms with E-state index in [9.17, 15) is 45.9 Å². The van der Waals surface area contributed by atoms with E-state index >= 15 is 0 Å². The van der Waals surface area contributed by atoms with Gasteiger partial charge in [-0.1, -0.05) is 0 Å². The molecule has 0 radical (unpaired) electrons. The number of nitrogens with zero attached hydrogens (tertiary/aromatic N) is 6. The van der Waals surface area contributed by atoms with E-state index in [1.165, 1.54) is 43.9 Å². The normalized spacial score (nSPS) is 29.4. The smallest absolute Gasteiger partial charge is 0.308 e. The van der Waals surface area contributed by atoms with Gasteiger partial charge < -0.3 is 51.6 Å². The van der Waals surface area contributed by atoms with E-state index in [2.05, 4.69) is 27.7 Å². The highest BCUT2D eigenvalue weighted by Gasteiger charge is 2.49. The average Bonchev–Trinajstić information content (AvgIpc) is 3.37. The van der Waals surface area contributed by atoms with Crippen molar-refractivity contribution < 1.29 is 55.4 Å². The molecule has 0 unspecified atom stereocenters. The molecule has 6 aliphatic rings. The molecule has 0 spiro atoms. The van der Waals surface area contributed by atoms with Crippen molar-refractivity contribution >= 4 is 11.8 Å². The molecular formula is C54H111N7O11. The summed E-state index contributed by atoms with van der Waals surface area (Å²) in [4.78, 5) is 22.8. The maximum absolute atomic E-state index is 11.5. The maximum atomic E-state index is 11.5. The van der Waals surface area contributed by atoms with Crippen molar-refractivity contribution in [1.82, 2.24) is 30.4 Å². The van der Waals surface area contributed by atoms with Crippen LogP contribution < -0.4 is 5.73 Å². The summed E-state index contributed by atoms with van der Waals surface area (Å²) in [6, 6.07) is 0.207. The minimum absolute atomic E-state index is 0.0399. The zero-order chi connectivity index (χ0) is 57.3. The predicted molar refractivity (Wildman–Crippen MR) is 282 cm³/mol. The summed E-state index contributed by atoms with van der Waals surface area (Å²) in [6.45, 7) is 47.6. The number of nitrogens with two attached hydrogens (primary N) is 1. The summed E-state index contributed by atoms with van der Waals surface area (Å²) in [6.07, 6.45) is 8.20. The first-order valence-electron chi connectivity index (χ1n) is 26.3. The lowest BCUT2D eigenvalue weighted by atomic mass is 9.75. The monoisotopic (exact) mass is 1030 g/mol. The van der Waals surface area contributed by atoms with E-state index in [1.807, 2.05) is 138 Å². The molecule has 428 valence electrons. The topological polar surface area (TPSA) is 240 Å². The molecule has 0 atom stereocenters. The number of esters is 1. The second-order valence-corrected chi connectivity index (χ2v) is 29.1. The second kappa shape index (κ2) is 23.6. The predicted octanol–water partition coefficient (Wildman–Crippen LogP) is 9.80. The number of carbonyl (C=O) groups excluding carboxylic acids is 2. The van der Waals surface area contributed by atoms with Crippen molar-refractivity contribution in [2.24, 2.45) is 11.7 Å². The first-order valence-corrected chi connectivity index (χ1v) is 26.3. The number of hydrogen-bond acceptors (Lipinski definition) is 18. The largest absolute Gasteiger partial charge is 0.469 e. The van der Waals surface area contributed by atoms with E-state index in [4.69, 9.17) is 15.2 Å². The minimum Gasteiger partial charge on any atom is -0.469 e. The third kappa shape index (κ3) is 18.1. The number of hydrogen-bond donors (Lipinski definition) is 8. The van der Waals surface area contributed by atoms with Gasteiger partial charge in [0.05, 0.1) is 31.3 Å². The summed E-state index contributed by atoms with van der Waals surface area (Å²) in [5.74, 6) is -0.0667. The summed E-state index contributed by atoms with van der Waals surface area (Å²) in [7, 11) is 1.41. The molecule has 0 aromatic rings. The molecule has 72 heavy (non-hydrogen) atoms. The molecule has 0 bridgehead atoms. The molecule has 0 aromatic heterocycles. The Morgan fingerprint density at radius 1 is 0.472 bits per heavy atom. The number of methoxy groups -OCH3 is 1. The van der Waals surface area contributed by atoms with Gasteiger partial charge in [0.1, 0.15) is 11.5 Å². The molecule has 6 aliphatic heterocycles. The fourth-order valence-electron chi connectivity index (χ4n) is 12.4. The summed E-state index contributed by atoms with van der Waals surface area (Å²) < 4.78 is 10.1. The van der Waals surface area contributed by atoms with Gasteiger partial charge in [-0.15, -0.1) is 0 Å². The van der Waals surface area contributed by atoms with Crippen molar-refractivity contribution in [3.8, 4) is 0 Å². The Bertz CT molecular complexity index is 1620. The van der Waals surface area contributed by atoms with Crippen LogP contribution in [0.1, 0.15) is 237 Å². The Morgan fingerprint density at radius 3 is 1.03 bits per heavy atom. The van der Waals surface area contributed by atoms with Crippen molar-refractivity contribution in [3.05, 3.63) is 0 Å². The average molecular weight is 1030 g/mol. The van der Waals surface area contributed by atoms with Crippen LogP contribution in [0.5, 0.6) is 0 Å². The molecular weight excluding hydrogens is 923 g/mol. The quantitative estimate of drug-likeness (QED) is 0.114. The van der Waals surface area contributed by atoms with E-state index < -0.39 is 16.8 Å². The Balaban J connectivity index is 0.000000434. The van der Waals surface area contributed by atoms with E-state index in [1.54, 1.807) is 0 Å². The number of rotatable bonds is 1. The van der Waals surface area contributed by atoms with Gasteiger partial charge in [0.2, 0.25) is 0 Å². The number of Topliss-reactive ketones (excluding diaryl/α,β-unsaturated/α-hetero) is 1. The van der Waals surface area contributed by atoms with Crippen LogP contribution in [0.15, 0.2) is 0 Å². The van der Waals surface area contributed by atoms with E-state index in [-0.39, 0.29) is 79.7 Å². The first-order chi connectivity index (χ1) is 31.7. The minimum atomic E-state index is -0.524. The van der Waals surface area contributed by atoms with Gasteiger partial charge in [-0.25, -0.2) is 0 Å². The van der Waals surface area contributed by atoms with Crippen molar-refractivity contribution in [2.75, 3.05) is 13.7 Å². The van der Waals surface area contributed by atoms with Crippen LogP contribution in [-0.2, 0) is 19.1 Å². The number of aliphatic hydroxyl groups is 1. The molecule has 0 aliphatic carbocycles. The fourth-order valence-corrected chi connectivity index (χ4v) is 12.4. The van der Waals surface area contributed by atoms with Crippen LogP contribution >= 0.6 is 0 Å². The molecule has 18 nitrogen and oxygen atoms in total. The molecule has 0 aromatic carbocycles. The number of hydroxylamine groups is 12. The number of ether oxygens (including phenoxy) is 2. The molecule has 0 saturated carbocycles. The maximum Gasteiger partial charge on any atom is 0.308 e. The van der Waals surface area contributed by atoms with Crippen LogP contribution in [0.4, 0.5) is 0 Å². The molecule has 6 rings (SSSR count). The molecule has 9 N–H and O–H groups in total. The Hall–Kier alpha value is -1.46. The van der Waals surface area contributed by atoms with Gasteiger partial charge >= 0.3 is 5.97 Å². The van der Waals surface area contributed by atoms with Crippen LogP contribution in [0.3, 0.4) is 0 Å². The van der Waals surface area contributed by atoms with Crippen LogP contribution in [0, 0.1) is 5.92 Å². The van der Waals surface area contributed by atoms with E-state index in [0.29, 0.717) is 45.1 Å². The molecule has 0 amide bonds. The standard InChI is InChI=1S/C11H21NO3.C9H20N2O.C9H19NO2.C9H17NO2.C9H19NO.C7H15NO2/c1-10(2)6-8(9(13)15-5)7-11(3,4)12(10)14;1-8(2)5-7(10)6-9(3,4)11(8)12;2*1-8(2)5-7(11)6-9(3,4)10(8)12;1-8(2)6-5-7-9(3,4)10(8)11;1-6(2)5-10-7(3,4)8(6)9/h8,14H,6-7H2,1-5H3;7,12H,5-6,10H2,1-4H3;7,11-12H,5-6H2,1-4H3;12H,5-6H2,1-4H3;11H,5-7H2,1-4H3;9H,5H2,1-4H3. The number of ketones is 1. The van der Waals surface area contributed by atoms with Gasteiger partial charge in [-0.2, -0.15) is 30.4 Å². The lowest BCUT2D eigenvalue weighted by Gasteiger charge is -2.50. The van der Waals surface area contributed by atoms with Crippen molar-refractivity contribution in [1.29, 1.82) is 0 Å². The highest BCUT2D eigenvalue weighted by atomic mass is 16.6. The SMILES string of the molecule is CC1(C)CC(=O)CC(C)(C)N1O.CC1(C)CC(N)CC(C)(C)N1O.CC1(C)CC(O)CC(C)(C)N1O.CC1(C)CCCC(C)(C)N1O.CC1(C)COC(C)(C)N1O.COC(=O)C1CC(C)(C)N(O)C(C)(C)C1. The molecule has 6 fully saturated rings. The lowest BCUT2D eigenvalue weighted by molar-refractivity contribution is -0.257.